The number of rotatable bonds is 3. The lowest BCUT2D eigenvalue weighted by Gasteiger charge is -2.01. The molecule has 2 rings (SSSR count). The molecular weight excluding hydrogens is 240 g/mol. The van der Waals surface area contributed by atoms with Crippen LogP contribution < -0.4 is 0 Å². The molecule has 0 aliphatic rings. The second-order valence-electron chi connectivity index (χ2n) is 3.13. The van der Waals surface area contributed by atoms with Crippen molar-refractivity contribution in [2.24, 2.45) is 0 Å². The third-order valence-corrected chi connectivity index (χ3v) is 2.62. The highest BCUT2D eigenvalue weighted by atomic mass is 32.2. The van der Waals surface area contributed by atoms with E-state index in [0.29, 0.717) is 15.9 Å². The first-order valence-electron chi connectivity index (χ1n) is 4.68. The number of hydrogen-bond donors (Lipinski definition) is 1. The Balaban J connectivity index is 2.30. The predicted octanol–water partition coefficient (Wildman–Crippen LogP) is 1.42. The zero-order chi connectivity index (χ0) is 12.3. The van der Waals surface area contributed by atoms with E-state index in [1.807, 2.05) is 0 Å². The van der Waals surface area contributed by atoms with Crippen LogP contribution in [0.4, 0.5) is 0 Å². The number of carbonyl (C=O) groups is 1. The van der Waals surface area contributed by atoms with Gasteiger partial charge < -0.3 is 5.11 Å². The molecule has 0 aliphatic heterocycles. The molecule has 0 aromatic carbocycles. The molecule has 6 nitrogen and oxygen atoms in total. The van der Waals surface area contributed by atoms with Crippen molar-refractivity contribution >= 4 is 17.7 Å². The topological polar surface area (TPSA) is 88.9 Å². The molecule has 0 saturated heterocycles. The fourth-order valence-corrected chi connectivity index (χ4v) is 1.88. The van der Waals surface area contributed by atoms with Gasteiger partial charge in [-0.15, -0.1) is 0 Å². The average molecular weight is 248 g/mol. The molecule has 2 heterocycles. The van der Waals surface area contributed by atoms with Crippen molar-refractivity contribution in [1.29, 1.82) is 0 Å². The quantitative estimate of drug-likeness (QED) is 0.649. The van der Waals surface area contributed by atoms with Crippen molar-refractivity contribution < 1.29 is 9.90 Å². The van der Waals surface area contributed by atoms with Crippen LogP contribution in [0, 0.1) is 6.92 Å². The van der Waals surface area contributed by atoms with Crippen LogP contribution in [-0.2, 0) is 0 Å². The number of hydrogen-bond acceptors (Lipinski definition) is 6. The van der Waals surface area contributed by atoms with Crippen LogP contribution in [0.3, 0.4) is 0 Å². The predicted molar refractivity (Wildman–Crippen MR) is 59.9 cm³/mol. The first-order chi connectivity index (χ1) is 8.15. The summed E-state index contributed by atoms with van der Waals surface area (Å²) in [6.45, 7) is 1.72. The van der Waals surface area contributed by atoms with Crippen molar-refractivity contribution in [3.63, 3.8) is 0 Å². The van der Waals surface area contributed by atoms with Gasteiger partial charge in [0.2, 0.25) is 0 Å². The van der Waals surface area contributed by atoms with Gasteiger partial charge in [0.15, 0.2) is 10.9 Å². The molecule has 0 unspecified atom stereocenters. The first-order valence-corrected chi connectivity index (χ1v) is 5.49. The van der Waals surface area contributed by atoms with Crippen LogP contribution in [0.15, 0.2) is 34.8 Å². The lowest BCUT2D eigenvalue weighted by Crippen LogP contribution is -2.03. The Morgan fingerprint density at radius 1 is 1.41 bits per heavy atom. The Hall–Kier alpha value is -2.02. The number of carboxylic acid groups (broad SMARTS) is 1. The molecule has 7 heteroatoms. The maximum absolute atomic E-state index is 10.8. The van der Waals surface area contributed by atoms with Gasteiger partial charge >= 0.3 is 5.97 Å². The maximum Gasteiger partial charge on any atom is 0.354 e. The van der Waals surface area contributed by atoms with Gasteiger partial charge in [0.1, 0.15) is 11.4 Å². The van der Waals surface area contributed by atoms with E-state index in [1.54, 1.807) is 19.2 Å². The van der Waals surface area contributed by atoms with E-state index in [4.69, 9.17) is 5.11 Å². The molecule has 0 atom stereocenters. The molecule has 0 radical (unpaired) electrons. The van der Waals surface area contributed by atoms with Gasteiger partial charge in [-0.25, -0.2) is 24.7 Å². The molecule has 86 valence electrons. The normalized spacial score (nSPS) is 10.2. The van der Waals surface area contributed by atoms with E-state index in [9.17, 15) is 4.79 Å². The van der Waals surface area contributed by atoms with Gasteiger partial charge in [0.25, 0.3) is 0 Å². The summed E-state index contributed by atoms with van der Waals surface area (Å²) in [5.41, 5.74) is 0.586. The molecule has 0 aliphatic carbocycles. The Morgan fingerprint density at radius 2 is 2.24 bits per heavy atom. The Morgan fingerprint density at radius 3 is 2.88 bits per heavy atom. The summed E-state index contributed by atoms with van der Waals surface area (Å²) in [5, 5.41) is 9.91. The van der Waals surface area contributed by atoms with Gasteiger partial charge in [-0.05, 0) is 30.8 Å². The zero-order valence-electron chi connectivity index (χ0n) is 8.86. The number of nitrogens with zero attached hydrogens (tertiary/aromatic N) is 4. The van der Waals surface area contributed by atoms with Gasteiger partial charge in [-0.1, -0.05) is 0 Å². The monoisotopic (exact) mass is 248 g/mol. The number of aryl methyl sites for hydroxylation is 1. The van der Waals surface area contributed by atoms with Gasteiger partial charge in [-0.2, -0.15) is 0 Å². The van der Waals surface area contributed by atoms with Crippen LogP contribution in [-0.4, -0.2) is 31.0 Å². The molecule has 2 aromatic rings. The first kappa shape index (κ1) is 11.5. The second-order valence-corrected chi connectivity index (χ2v) is 4.12. The number of carboxylic acids is 1. The highest BCUT2D eigenvalue weighted by molar-refractivity contribution is 7.99. The minimum Gasteiger partial charge on any atom is -0.477 e. The number of aromatic nitrogens is 4. The van der Waals surface area contributed by atoms with Crippen LogP contribution in [0.2, 0.25) is 0 Å². The van der Waals surface area contributed by atoms with E-state index >= 15 is 0 Å². The molecular formula is C10H8N4O2S. The summed E-state index contributed by atoms with van der Waals surface area (Å²) in [7, 11) is 0. The molecule has 2 aromatic heterocycles. The molecule has 0 amide bonds. The summed E-state index contributed by atoms with van der Waals surface area (Å²) in [6.07, 6.45) is 3.01. The van der Waals surface area contributed by atoms with Gasteiger partial charge in [-0.3, -0.25) is 0 Å². The Kier molecular flexibility index (Phi) is 3.29. The second kappa shape index (κ2) is 4.88. The van der Waals surface area contributed by atoms with Crippen LogP contribution >= 0.6 is 11.8 Å². The van der Waals surface area contributed by atoms with E-state index in [-0.39, 0.29) is 5.69 Å². The van der Waals surface area contributed by atoms with E-state index < -0.39 is 5.97 Å². The summed E-state index contributed by atoms with van der Waals surface area (Å²) in [4.78, 5) is 26.7. The van der Waals surface area contributed by atoms with Gasteiger partial charge in [0, 0.05) is 11.9 Å². The molecule has 0 bridgehead atoms. The number of aromatic carboxylic acids is 1. The van der Waals surface area contributed by atoms with Crippen molar-refractivity contribution in [3.8, 4) is 0 Å². The van der Waals surface area contributed by atoms with E-state index in [1.165, 1.54) is 24.2 Å². The van der Waals surface area contributed by atoms with Crippen molar-refractivity contribution in [2.75, 3.05) is 0 Å². The lowest BCUT2D eigenvalue weighted by atomic mass is 10.3. The lowest BCUT2D eigenvalue weighted by molar-refractivity contribution is 0.0689. The largest absolute Gasteiger partial charge is 0.477 e. The standard InChI is InChI=1S/C10H8N4O2S/c1-6-4-7(9(15)16)14-10(13-6)17-8-2-3-11-5-12-8/h2-5H,1H3,(H,15,16). The van der Waals surface area contributed by atoms with Gasteiger partial charge in [0.05, 0.1) is 0 Å². The SMILES string of the molecule is Cc1cc(C(=O)O)nc(Sc2ccncn2)n1. The summed E-state index contributed by atoms with van der Waals surface area (Å²) in [6, 6.07) is 3.13. The summed E-state index contributed by atoms with van der Waals surface area (Å²) >= 11 is 1.20. The maximum atomic E-state index is 10.8. The van der Waals surface area contributed by atoms with Crippen LogP contribution in [0.1, 0.15) is 16.2 Å². The van der Waals surface area contributed by atoms with E-state index in [0.717, 1.165) is 0 Å². The van der Waals surface area contributed by atoms with E-state index in [2.05, 4.69) is 19.9 Å². The highest BCUT2D eigenvalue weighted by Gasteiger charge is 2.09. The molecule has 17 heavy (non-hydrogen) atoms. The van der Waals surface area contributed by atoms with Crippen LogP contribution in [0.25, 0.3) is 0 Å². The minimum atomic E-state index is -1.07. The Bertz CT molecular complexity index is 547. The molecule has 1 N–H and O–H groups in total. The summed E-state index contributed by atoms with van der Waals surface area (Å²) in [5.74, 6) is -1.07. The smallest absolute Gasteiger partial charge is 0.354 e. The summed E-state index contributed by atoms with van der Waals surface area (Å²) < 4.78 is 0. The molecule has 0 spiro atoms. The molecule has 0 saturated carbocycles. The Labute approximate surface area is 101 Å². The van der Waals surface area contributed by atoms with Crippen LogP contribution in [0.5, 0.6) is 0 Å². The minimum absolute atomic E-state index is 0.0194. The fraction of sp³-hybridized carbons (Fsp3) is 0.100. The third kappa shape index (κ3) is 2.97. The highest BCUT2D eigenvalue weighted by Crippen LogP contribution is 2.22. The molecule has 0 fully saturated rings. The third-order valence-electron chi connectivity index (χ3n) is 1.80. The fourth-order valence-electron chi connectivity index (χ4n) is 1.13. The van der Waals surface area contributed by atoms with Crippen molar-refractivity contribution in [3.05, 3.63) is 36.0 Å². The van der Waals surface area contributed by atoms with Crippen molar-refractivity contribution in [2.45, 2.75) is 17.1 Å². The van der Waals surface area contributed by atoms with Crippen molar-refractivity contribution in [1.82, 2.24) is 19.9 Å². The average Bonchev–Trinajstić information content (AvgIpc) is 2.29. The zero-order valence-corrected chi connectivity index (χ0v) is 9.68.